The minimum atomic E-state index is -0.798. The maximum atomic E-state index is 13.2. The zero-order valence-electron chi connectivity index (χ0n) is 16.3. The highest BCUT2D eigenvalue weighted by Crippen LogP contribution is 2.37. The molecule has 0 spiro atoms. The third-order valence-corrected chi connectivity index (χ3v) is 6.96. The largest absolute Gasteiger partial charge is 0.497 e. The lowest BCUT2D eigenvalue weighted by Crippen LogP contribution is -2.53. The normalized spacial score (nSPS) is 27.8. The summed E-state index contributed by atoms with van der Waals surface area (Å²) in [5.74, 6) is 0.737. The molecule has 0 radical (unpaired) electrons. The fourth-order valence-electron chi connectivity index (χ4n) is 4.22. The highest BCUT2D eigenvalue weighted by Gasteiger charge is 2.45. The first-order valence-electron chi connectivity index (χ1n) is 9.71. The SMILES string of the molecule is COc1ccc(-c2ncc(C(=O)N3CCC[C@@H]3[C@@H]3COCC[C@]3(C)O)s2)cc1. The quantitative estimate of drug-likeness (QED) is 0.850. The molecule has 2 aliphatic heterocycles. The van der Waals surface area contributed by atoms with Crippen LogP contribution in [0.3, 0.4) is 0 Å². The zero-order valence-corrected chi connectivity index (χ0v) is 17.1. The topological polar surface area (TPSA) is 71.9 Å². The highest BCUT2D eigenvalue weighted by molar-refractivity contribution is 7.16. The van der Waals surface area contributed by atoms with E-state index in [1.54, 1.807) is 13.3 Å². The molecule has 2 fully saturated rings. The van der Waals surface area contributed by atoms with Gasteiger partial charge in [-0.1, -0.05) is 0 Å². The number of rotatable bonds is 4. The van der Waals surface area contributed by atoms with Crippen LogP contribution in [0.4, 0.5) is 0 Å². The number of methoxy groups -OCH3 is 1. The lowest BCUT2D eigenvalue weighted by Gasteiger charge is -2.43. The number of aliphatic hydroxyl groups is 1. The zero-order chi connectivity index (χ0) is 19.7. The molecular formula is C21H26N2O4S. The lowest BCUT2D eigenvalue weighted by molar-refractivity contribution is -0.119. The van der Waals surface area contributed by atoms with Crippen LogP contribution in [0.2, 0.25) is 0 Å². The van der Waals surface area contributed by atoms with Crippen molar-refractivity contribution in [2.75, 3.05) is 26.9 Å². The molecule has 4 rings (SSSR count). The summed E-state index contributed by atoms with van der Waals surface area (Å²) >= 11 is 1.41. The molecule has 0 aliphatic carbocycles. The van der Waals surface area contributed by atoms with E-state index in [0.717, 1.165) is 29.2 Å². The van der Waals surface area contributed by atoms with Crippen LogP contribution in [0.1, 0.15) is 35.9 Å². The Balaban J connectivity index is 1.53. The molecule has 7 heteroatoms. The Morgan fingerprint density at radius 3 is 2.89 bits per heavy atom. The van der Waals surface area contributed by atoms with Crippen molar-refractivity contribution >= 4 is 17.2 Å². The number of ether oxygens (including phenoxy) is 2. The molecule has 1 N–H and O–H groups in total. The van der Waals surface area contributed by atoms with Crippen LogP contribution in [0.25, 0.3) is 10.6 Å². The first kappa shape index (κ1) is 19.4. The molecule has 0 bridgehead atoms. The summed E-state index contributed by atoms with van der Waals surface area (Å²) in [6.45, 7) is 3.66. The monoisotopic (exact) mass is 402 g/mol. The van der Waals surface area contributed by atoms with Crippen molar-refractivity contribution < 1.29 is 19.4 Å². The Morgan fingerprint density at radius 2 is 2.18 bits per heavy atom. The van der Waals surface area contributed by atoms with Crippen molar-refractivity contribution in [1.82, 2.24) is 9.88 Å². The van der Waals surface area contributed by atoms with E-state index in [1.165, 1.54) is 11.3 Å². The Kier molecular flexibility index (Phi) is 5.40. The number of aromatic nitrogens is 1. The molecule has 1 aromatic heterocycles. The molecule has 2 saturated heterocycles. The van der Waals surface area contributed by atoms with Crippen molar-refractivity contribution in [3.63, 3.8) is 0 Å². The van der Waals surface area contributed by atoms with Crippen LogP contribution in [-0.4, -0.2) is 59.4 Å². The molecule has 3 atom stereocenters. The fraction of sp³-hybridized carbons (Fsp3) is 0.524. The van der Waals surface area contributed by atoms with Gasteiger partial charge in [0, 0.05) is 30.7 Å². The van der Waals surface area contributed by atoms with Crippen LogP contribution in [0.15, 0.2) is 30.5 Å². The molecule has 3 heterocycles. The Morgan fingerprint density at radius 1 is 1.39 bits per heavy atom. The number of carbonyl (C=O) groups excluding carboxylic acids is 1. The van der Waals surface area contributed by atoms with Crippen LogP contribution >= 0.6 is 11.3 Å². The summed E-state index contributed by atoms with van der Waals surface area (Å²) in [6.07, 6.45) is 4.13. The molecule has 0 unspecified atom stereocenters. The Hall–Kier alpha value is -1.96. The molecule has 6 nitrogen and oxygen atoms in total. The summed E-state index contributed by atoms with van der Waals surface area (Å²) in [4.78, 5) is 20.2. The molecule has 1 amide bonds. The summed E-state index contributed by atoms with van der Waals surface area (Å²) in [5, 5.41) is 11.6. The van der Waals surface area contributed by atoms with Crippen molar-refractivity contribution in [2.24, 2.45) is 5.92 Å². The minimum Gasteiger partial charge on any atom is -0.497 e. The van der Waals surface area contributed by atoms with E-state index in [0.29, 0.717) is 31.1 Å². The Labute approximate surface area is 169 Å². The van der Waals surface area contributed by atoms with Gasteiger partial charge in [-0.2, -0.15) is 0 Å². The van der Waals surface area contributed by atoms with Crippen molar-refractivity contribution in [2.45, 2.75) is 37.8 Å². The highest BCUT2D eigenvalue weighted by atomic mass is 32.1. The first-order chi connectivity index (χ1) is 13.5. The van der Waals surface area contributed by atoms with E-state index >= 15 is 0 Å². The van der Waals surface area contributed by atoms with E-state index < -0.39 is 5.60 Å². The average Bonchev–Trinajstić information content (AvgIpc) is 3.37. The predicted molar refractivity (Wildman–Crippen MR) is 108 cm³/mol. The number of amides is 1. The number of hydrogen-bond acceptors (Lipinski definition) is 6. The lowest BCUT2D eigenvalue weighted by atomic mass is 9.79. The second-order valence-electron chi connectivity index (χ2n) is 7.75. The summed E-state index contributed by atoms with van der Waals surface area (Å²) in [6, 6.07) is 7.68. The summed E-state index contributed by atoms with van der Waals surface area (Å²) in [7, 11) is 1.64. The number of thiazole rings is 1. The number of benzene rings is 1. The molecule has 28 heavy (non-hydrogen) atoms. The predicted octanol–water partition coefficient (Wildman–Crippen LogP) is 3.21. The molecule has 1 aromatic carbocycles. The van der Waals surface area contributed by atoms with Gasteiger partial charge in [-0.05, 0) is 50.5 Å². The van der Waals surface area contributed by atoms with Crippen molar-refractivity contribution in [3.8, 4) is 16.3 Å². The summed E-state index contributed by atoms with van der Waals surface area (Å²) in [5.41, 5.74) is 0.166. The number of nitrogens with zero attached hydrogens (tertiary/aromatic N) is 2. The number of carbonyl (C=O) groups is 1. The second kappa shape index (κ2) is 7.81. The summed E-state index contributed by atoms with van der Waals surface area (Å²) < 4.78 is 10.8. The standard InChI is InChI=1S/C21H26N2O4S/c1-21(25)9-11-27-13-16(21)17-4-3-10-23(17)20(24)18-12-22-19(28-18)14-5-7-15(26-2)8-6-14/h5-8,12,16-17,25H,3-4,9-11,13H2,1-2H3/t16-,17+,21-/m0/s1. The van der Waals surface area contributed by atoms with Crippen LogP contribution in [0.5, 0.6) is 5.75 Å². The van der Waals surface area contributed by atoms with Gasteiger partial charge >= 0.3 is 0 Å². The van der Waals surface area contributed by atoms with E-state index in [1.807, 2.05) is 36.1 Å². The van der Waals surface area contributed by atoms with Gasteiger partial charge in [0.15, 0.2) is 0 Å². The number of likely N-dealkylation sites (tertiary alicyclic amines) is 1. The molecule has 150 valence electrons. The molecule has 0 saturated carbocycles. The first-order valence-corrected chi connectivity index (χ1v) is 10.5. The van der Waals surface area contributed by atoms with Crippen molar-refractivity contribution in [1.29, 1.82) is 0 Å². The van der Waals surface area contributed by atoms with E-state index in [4.69, 9.17) is 9.47 Å². The molecule has 2 aromatic rings. The van der Waals surface area contributed by atoms with Crippen molar-refractivity contribution in [3.05, 3.63) is 35.3 Å². The third kappa shape index (κ3) is 3.66. The smallest absolute Gasteiger partial charge is 0.265 e. The Bertz CT molecular complexity index is 833. The van der Waals surface area contributed by atoms with Gasteiger partial charge in [-0.25, -0.2) is 4.98 Å². The van der Waals surface area contributed by atoms with Crippen LogP contribution in [-0.2, 0) is 4.74 Å². The van der Waals surface area contributed by atoms with Crippen LogP contribution < -0.4 is 4.74 Å². The maximum absolute atomic E-state index is 13.2. The van der Waals surface area contributed by atoms with Gasteiger partial charge in [-0.3, -0.25) is 4.79 Å². The van der Waals surface area contributed by atoms with E-state index in [-0.39, 0.29) is 17.9 Å². The molecule has 2 aliphatic rings. The van der Waals surface area contributed by atoms with Gasteiger partial charge in [-0.15, -0.1) is 11.3 Å². The molecular weight excluding hydrogens is 376 g/mol. The minimum absolute atomic E-state index is 0.00105. The third-order valence-electron chi connectivity index (χ3n) is 5.93. The maximum Gasteiger partial charge on any atom is 0.265 e. The van der Waals surface area contributed by atoms with Gasteiger partial charge in [0.1, 0.15) is 15.6 Å². The fourth-order valence-corrected chi connectivity index (χ4v) is 5.10. The van der Waals surface area contributed by atoms with Crippen LogP contribution in [0, 0.1) is 5.92 Å². The van der Waals surface area contributed by atoms with E-state index in [2.05, 4.69) is 4.98 Å². The van der Waals surface area contributed by atoms with Gasteiger partial charge in [0.25, 0.3) is 5.91 Å². The van der Waals surface area contributed by atoms with Gasteiger partial charge < -0.3 is 19.5 Å². The van der Waals surface area contributed by atoms with Gasteiger partial charge in [0.2, 0.25) is 0 Å². The number of hydrogen-bond donors (Lipinski definition) is 1. The van der Waals surface area contributed by atoms with Gasteiger partial charge in [0.05, 0.1) is 25.5 Å². The average molecular weight is 403 g/mol. The van der Waals surface area contributed by atoms with E-state index in [9.17, 15) is 9.90 Å². The second-order valence-corrected chi connectivity index (χ2v) is 8.79.